The summed E-state index contributed by atoms with van der Waals surface area (Å²) in [6, 6.07) is 4.11. The number of ether oxygens (including phenoxy) is 1. The van der Waals surface area contributed by atoms with Crippen molar-refractivity contribution in [2.24, 2.45) is 5.73 Å². The minimum Gasteiger partial charge on any atom is -0.485 e. The molecule has 3 rings (SSSR count). The van der Waals surface area contributed by atoms with Crippen molar-refractivity contribution in [1.82, 2.24) is 4.98 Å². The molecule has 0 spiro atoms. The van der Waals surface area contributed by atoms with Gasteiger partial charge in [-0.15, -0.1) is 0 Å². The first-order valence-corrected chi connectivity index (χ1v) is 7.88. The van der Waals surface area contributed by atoms with Gasteiger partial charge in [0.05, 0.1) is 5.52 Å². The van der Waals surface area contributed by atoms with Gasteiger partial charge in [-0.3, -0.25) is 4.79 Å². The molecule has 0 fully saturated rings. The van der Waals surface area contributed by atoms with Crippen LogP contribution >= 0.6 is 0 Å². The van der Waals surface area contributed by atoms with Gasteiger partial charge in [-0.05, 0) is 37.5 Å². The molecule has 22 heavy (non-hydrogen) atoms. The molecule has 1 aromatic carbocycles. The molecule has 0 radical (unpaired) electrons. The largest absolute Gasteiger partial charge is 0.485 e. The van der Waals surface area contributed by atoms with E-state index in [1.165, 1.54) is 5.56 Å². The molecular weight excluding hydrogens is 276 g/mol. The number of H-pyrrole nitrogens is 1. The fourth-order valence-electron chi connectivity index (χ4n) is 3.30. The number of hydrogen-bond acceptors (Lipinski definition) is 3. The van der Waals surface area contributed by atoms with E-state index in [2.05, 4.69) is 18.0 Å². The van der Waals surface area contributed by atoms with E-state index in [-0.39, 0.29) is 17.4 Å². The van der Waals surface area contributed by atoms with E-state index in [0.29, 0.717) is 6.54 Å². The molecule has 0 amide bonds. The lowest BCUT2D eigenvalue weighted by atomic mass is 9.86. The summed E-state index contributed by atoms with van der Waals surface area (Å²) < 4.78 is 6.25. The molecule has 2 aromatic rings. The quantitative estimate of drug-likeness (QED) is 0.895. The van der Waals surface area contributed by atoms with Gasteiger partial charge in [0, 0.05) is 29.0 Å². The Hall–Kier alpha value is -1.81. The Labute approximate surface area is 130 Å². The third kappa shape index (κ3) is 1.97. The van der Waals surface area contributed by atoms with Crippen LogP contribution in [-0.2, 0) is 0 Å². The van der Waals surface area contributed by atoms with Crippen LogP contribution in [0.1, 0.15) is 56.2 Å². The van der Waals surface area contributed by atoms with Crippen LogP contribution in [0.3, 0.4) is 0 Å². The van der Waals surface area contributed by atoms with E-state index >= 15 is 0 Å². The molecule has 1 aliphatic rings. The normalized spacial score (nSPS) is 23.9. The average molecular weight is 300 g/mol. The van der Waals surface area contributed by atoms with Crippen molar-refractivity contribution < 1.29 is 4.74 Å². The van der Waals surface area contributed by atoms with E-state index < -0.39 is 5.60 Å². The molecule has 2 heterocycles. The van der Waals surface area contributed by atoms with Gasteiger partial charge >= 0.3 is 0 Å². The molecular formula is C18H24N2O2. The maximum Gasteiger partial charge on any atom is 0.251 e. The Kier molecular flexibility index (Phi) is 3.33. The SMILES string of the molecule is Cc1cc2c(c3cc(C(C)C)c(=O)[nH]c13)OC(C)(CN)C2C. The molecule has 2 atom stereocenters. The summed E-state index contributed by atoms with van der Waals surface area (Å²) in [5, 5.41) is 0.988. The summed E-state index contributed by atoms with van der Waals surface area (Å²) in [6.45, 7) is 10.7. The van der Waals surface area contributed by atoms with Crippen LogP contribution in [-0.4, -0.2) is 17.1 Å². The minimum absolute atomic E-state index is 0.0156. The van der Waals surface area contributed by atoms with Gasteiger partial charge in [-0.25, -0.2) is 0 Å². The number of nitrogens with two attached hydrogens (primary N) is 1. The Balaban J connectivity index is 2.36. The molecule has 0 saturated carbocycles. The molecule has 1 aromatic heterocycles. The Morgan fingerprint density at radius 2 is 2.09 bits per heavy atom. The van der Waals surface area contributed by atoms with Crippen molar-refractivity contribution >= 4 is 10.9 Å². The molecule has 0 saturated heterocycles. The Morgan fingerprint density at radius 3 is 2.68 bits per heavy atom. The summed E-state index contributed by atoms with van der Waals surface area (Å²) in [4.78, 5) is 15.3. The topological polar surface area (TPSA) is 68.1 Å². The van der Waals surface area contributed by atoms with Crippen LogP contribution < -0.4 is 16.0 Å². The van der Waals surface area contributed by atoms with Crippen LogP contribution in [0, 0.1) is 6.92 Å². The van der Waals surface area contributed by atoms with E-state index in [1.54, 1.807) is 0 Å². The highest BCUT2D eigenvalue weighted by Crippen LogP contribution is 2.48. The highest BCUT2D eigenvalue weighted by molar-refractivity contribution is 5.90. The van der Waals surface area contributed by atoms with Crippen LogP contribution in [0.5, 0.6) is 5.75 Å². The molecule has 3 N–H and O–H groups in total. The average Bonchev–Trinajstić information content (AvgIpc) is 2.72. The first kappa shape index (κ1) is 15.1. The minimum atomic E-state index is -0.392. The Bertz CT molecular complexity index is 807. The smallest absolute Gasteiger partial charge is 0.251 e. The molecule has 4 heteroatoms. The Morgan fingerprint density at radius 1 is 1.41 bits per heavy atom. The number of nitrogens with one attached hydrogen (secondary N) is 1. The van der Waals surface area contributed by atoms with Crippen molar-refractivity contribution in [3.63, 3.8) is 0 Å². The molecule has 0 aliphatic carbocycles. The van der Waals surface area contributed by atoms with Gasteiger partial charge in [0.15, 0.2) is 0 Å². The number of benzene rings is 1. The second kappa shape index (κ2) is 4.85. The van der Waals surface area contributed by atoms with Crippen LogP contribution in [0.25, 0.3) is 10.9 Å². The number of aromatic amines is 1. The van der Waals surface area contributed by atoms with Crippen molar-refractivity contribution in [3.8, 4) is 5.75 Å². The first-order chi connectivity index (χ1) is 10.3. The van der Waals surface area contributed by atoms with Crippen molar-refractivity contribution in [3.05, 3.63) is 39.2 Å². The van der Waals surface area contributed by atoms with E-state index in [9.17, 15) is 4.79 Å². The second-order valence-corrected chi connectivity index (χ2v) is 6.95. The van der Waals surface area contributed by atoms with Crippen LogP contribution in [0.15, 0.2) is 16.9 Å². The van der Waals surface area contributed by atoms with E-state index in [4.69, 9.17) is 10.5 Å². The van der Waals surface area contributed by atoms with Crippen molar-refractivity contribution in [2.75, 3.05) is 6.54 Å². The third-order valence-electron chi connectivity index (χ3n) is 5.09. The summed E-state index contributed by atoms with van der Waals surface area (Å²) in [6.07, 6.45) is 0. The number of fused-ring (bicyclic) bond motifs is 3. The van der Waals surface area contributed by atoms with Gasteiger partial charge in [0.1, 0.15) is 11.4 Å². The summed E-state index contributed by atoms with van der Waals surface area (Å²) in [5.74, 6) is 1.27. The summed E-state index contributed by atoms with van der Waals surface area (Å²) in [7, 11) is 0. The number of hydrogen-bond donors (Lipinski definition) is 2. The first-order valence-electron chi connectivity index (χ1n) is 7.88. The lowest BCUT2D eigenvalue weighted by Gasteiger charge is -2.26. The fourth-order valence-corrected chi connectivity index (χ4v) is 3.30. The van der Waals surface area contributed by atoms with Gasteiger partial charge < -0.3 is 15.5 Å². The van der Waals surface area contributed by atoms with Crippen molar-refractivity contribution in [2.45, 2.75) is 52.1 Å². The van der Waals surface area contributed by atoms with Gasteiger partial charge in [-0.2, -0.15) is 0 Å². The number of aromatic nitrogens is 1. The lowest BCUT2D eigenvalue weighted by molar-refractivity contribution is 0.105. The number of rotatable bonds is 2. The van der Waals surface area contributed by atoms with Crippen LogP contribution in [0.4, 0.5) is 0 Å². The van der Waals surface area contributed by atoms with E-state index in [1.807, 2.05) is 33.8 Å². The maximum atomic E-state index is 12.3. The third-order valence-corrected chi connectivity index (χ3v) is 5.09. The zero-order valence-electron chi connectivity index (χ0n) is 13.9. The monoisotopic (exact) mass is 300 g/mol. The van der Waals surface area contributed by atoms with Gasteiger partial charge in [0.2, 0.25) is 0 Å². The van der Waals surface area contributed by atoms with Crippen LogP contribution in [0.2, 0.25) is 0 Å². The second-order valence-electron chi connectivity index (χ2n) is 6.95. The van der Waals surface area contributed by atoms with Crippen molar-refractivity contribution in [1.29, 1.82) is 0 Å². The lowest BCUT2D eigenvalue weighted by Crippen LogP contribution is -2.41. The van der Waals surface area contributed by atoms with E-state index in [0.717, 1.165) is 27.8 Å². The zero-order valence-corrected chi connectivity index (χ0v) is 13.9. The summed E-state index contributed by atoms with van der Waals surface area (Å²) >= 11 is 0. The molecule has 0 bridgehead atoms. The fraction of sp³-hybridized carbons (Fsp3) is 0.500. The van der Waals surface area contributed by atoms with Gasteiger partial charge in [-0.1, -0.05) is 20.8 Å². The molecule has 1 aliphatic heterocycles. The van der Waals surface area contributed by atoms with Gasteiger partial charge in [0.25, 0.3) is 5.56 Å². The summed E-state index contributed by atoms with van der Waals surface area (Å²) in [5.41, 5.74) is 9.43. The molecule has 118 valence electrons. The maximum absolute atomic E-state index is 12.3. The molecule has 2 unspecified atom stereocenters. The number of aryl methyl sites for hydroxylation is 1. The molecule has 4 nitrogen and oxygen atoms in total. The standard InChI is InChI=1S/C18H24N2O2/c1-9(2)12-7-14-15(20-17(12)21)10(3)6-13-11(4)18(5,8-19)22-16(13)14/h6-7,9,11H,8,19H2,1-5H3,(H,20,21). The predicted octanol–water partition coefficient (Wildman–Crippen LogP) is 3.17. The highest BCUT2D eigenvalue weighted by atomic mass is 16.5. The predicted molar refractivity (Wildman–Crippen MR) is 89.9 cm³/mol. The highest BCUT2D eigenvalue weighted by Gasteiger charge is 2.42. The zero-order chi connectivity index (χ0) is 16.2. The number of pyridine rings is 1.